The molecule has 1 atom stereocenters. The number of sulfonamides is 1. The van der Waals surface area contributed by atoms with Crippen LogP contribution in [0.2, 0.25) is 0 Å². The Morgan fingerprint density at radius 2 is 1.51 bits per heavy atom. The third kappa shape index (κ3) is 7.69. The fourth-order valence-corrected chi connectivity index (χ4v) is 4.34. The first-order valence-electron chi connectivity index (χ1n) is 10.9. The van der Waals surface area contributed by atoms with Crippen LogP contribution in [0, 0.1) is 11.8 Å². The highest BCUT2D eigenvalue weighted by Gasteiger charge is 2.25. The number of methoxy groups -OCH3 is 2. The maximum absolute atomic E-state index is 12.9. The van der Waals surface area contributed by atoms with E-state index in [1.807, 2.05) is 54.6 Å². The Labute approximate surface area is 206 Å². The van der Waals surface area contributed by atoms with Crippen molar-refractivity contribution >= 4 is 16.0 Å². The van der Waals surface area contributed by atoms with E-state index in [0.29, 0.717) is 13.2 Å². The number of rotatable bonds is 10. The van der Waals surface area contributed by atoms with Crippen LogP contribution in [0.4, 0.5) is 0 Å². The quantitative estimate of drug-likeness (QED) is 0.263. The van der Waals surface area contributed by atoms with Gasteiger partial charge >= 0.3 is 5.97 Å². The van der Waals surface area contributed by atoms with Gasteiger partial charge in [0.15, 0.2) is 0 Å². The first-order valence-corrected chi connectivity index (χ1v) is 12.4. The fraction of sp³-hybridized carbons (Fsp3) is 0.222. The van der Waals surface area contributed by atoms with Crippen molar-refractivity contribution in [2.45, 2.75) is 17.4 Å². The van der Waals surface area contributed by atoms with Crippen molar-refractivity contribution in [2.24, 2.45) is 0 Å². The van der Waals surface area contributed by atoms with Crippen LogP contribution >= 0.6 is 0 Å². The molecule has 0 saturated carbocycles. The zero-order chi connectivity index (χ0) is 25.1. The lowest BCUT2D eigenvalue weighted by Crippen LogP contribution is -2.41. The molecule has 0 aliphatic rings. The lowest BCUT2D eigenvalue weighted by Gasteiger charge is -2.15. The molecular formula is C27H27NO6S. The van der Waals surface area contributed by atoms with Crippen LogP contribution in [0.5, 0.6) is 5.75 Å². The Hall–Kier alpha value is -3.64. The molecule has 0 bridgehead atoms. The summed E-state index contributed by atoms with van der Waals surface area (Å²) in [5.74, 6) is 5.78. The van der Waals surface area contributed by atoms with E-state index in [4.69, 9.17) is 14.2 Å². The second-order valence-corrected chi connectivity index (χ2v) is 9.17. The highest BCUT2D eigenvalue weighted by molar-refractivity contribution is 7.89. The summed E-state index contributed by atoms with van der Waals surface area (Å²) in [5, 5.41) is 0. The van der Waals surface area contributed by atoms with E-state index in [-0.39, 0.29) is 11.3 Å². The minimum atomic E-state index is -3.98. The van der Waals surface area contributed by atoms with Crippen molar-refractivity contribution in [3.8, 4) is 28.7 Å². The predicted molar refractivity (Wildman–Crippen MR) is 133 cm³/mol. The van der Waals surface area contributed by atoms with Gasteiger partial charge in [0, 0.05) is 19.1 Å². The van der Waals surface area contributed by atoms with Gasteiger partial charge in [0.2, 0.25) is 10.0 Å². The smallest absolute Gasteiger partial charge is 0.324 e. The lowest BCUT2D eigenvalue weighted by atomic mass is 10.1. The number of benzene rings is 3. The van der Waals surface area contributed by atoms with Crippen molar-refractivity contribution < 1.29 is 27.4 Å². The third-order valence-electron chi connectivity index (χ3n) is 5.00. The second-order valence-electron chi connectivity index (χ2n) is 7.46. The molecule has 0 amide bonds. The van der Waals surface area contributed by atoms with Crippen LogP contribution in [-0.2, 0) is 24.3 Å². The Balaban J connectivity index is 1.69. The van der Waals surface area contributed by atoms with Gasteiger partial charge in [0.1, 0.15) is 18.4 Å². The number of carbonyl (C=O) groups is 1. The zero-order valence-corrected chi connectivity index (χ0v) is 20.4. The first kappa shape index (κ1) is 26.0. The normalized spacial score (nSPS) is 11.7. The lowest BCUT2D eigenvalue weighted by molar-refractivity contribution is -0.142. The molecule has 3 aromatic rings. The van der Waals surface area contributed by atoms with E-state index in [1.54, 1.807) is 19.2 Å². The van der Waals surface area contributed by atoms with E-state index < -0.39 is 22.0 Å². The number of hydrogen-bond donors (Lipinski definition) is 1. The summed E-state index contributed by atoms with van der Waals surface area (Å²) in [5.41, 5.74) is 2.51. The highest BCUT2D eigenvalue weighted by Crippen LogP contribution is 2.24. The molecule has 1 N–H and O–H groups in total. The van der Waals surface area contributed by atoms with Gasteiger partial charge in [-0.1, -0.05) is 54.3 Å². The van der Waals surface area contributed by atoms with E-state index in [1.165, 1.54) is 19.2 Å². The molecular weight excluding hydrogens is 466 g/mol. The summed E-state index contributed by atoms with van der Waals surface area (Å²) < 4.78 is 43.5. The van der Waals surface area contributed by atoms with E-state index in [9.17, 15) is 13.2 Å². The van der Waals surface area contributed by atoms with Crippen LogP contribution in [-0.4, -0.2) is 47.9 Å². The average molecular weight is 494 g/mol. The SMILES string of the molecule is COCCOc1ccc(-c2ccc(S(=O)(=O)NC(CC#Cc3ccccc3)C(=O)OC)cc2)cc1. The molecule has 0 fully saturated rings. The molecule has 0 heterocycles. The van der Waals surface area contributed by atoms with Gasteiger partial charge in [-0.15, -0.1) is 0 Å². The van der Waals surface area contributed by atoms with Gasteiger partial charge in [-0.05, 0) is 47.5 Å². The number of nitrogens with one attached hydrogen (secondary N) is 1. The van der Waals surface area contributed by atoms with Crippen LogP contribution < -0.4 is 9.46 Å². The molecule has 0 aromatic heterocycles. The number of esters is 1. The van der Waals surface area contributed by atoms with Crippen LogP contribution in [0.1, 0.15) is 12.0 Å². The monoisotopic (exact) mass is 493 g/mol. The second kappa shape index (κ2) is 12.7. The molecule has 0 spiro atoms. The Morgan fingerprint density at radius 1 is 0.886 bits per heavy atom. The zero-order valence-electron chi connectivity index (χ0n) is 19.6. The number of carbonyl (C=O) groups excluding carboxylic acids is 1. The third-order valence-corrected chi connectivity index (χ3v) is 6.49. The Morgan fingerprint density at radius 3 is 2.11 bits per heavy atom. The summed E-state index contributed by atoms with van der Waals surface area (Å²) >= 11 is 0. The van der Waals surface area contributed by atoms with Crippen molar-refractivity contribution in [1.29, 1.82) is 0 Å². The minimum absolute atomic E-state index is 0.0301. The Bertz CT molecular complexity index is 1260. The summed E-state index contributed by atoms with van der Waals surface area (Å²) in [7, 11) is -1.16. The molecule has 182 valence electrons. The van der Waals surface area contributed by atoms with E-state index >= 15 is 0 Å². The molecule has 8 heteroatoms. The highest BCUT2D eigenvalue weighted by atomic mass is 32.2. The van der Waals surface area contributed by atoms with Crippen molar-refractivity contribution in [1.82, 2.24) is 4.72 Å². The molecule has 35 heavy (non-hydrogen) atoms. The van der Waals surface area contributed by atoms with E-state index in [2.05, 4.69) is 16.6 Å². The van der Waals surface area contributed by atoms with Crippen molar-refractivity contribution in [3.63, 3.8) is 0 Å². The molecule has 7 nitrogen and oxygen atoms in total. The molecule has 0 aliphatic heterocycles. The number of ether oxygens (including phenoxy) is 3. The largest absolute Gasteiger partial charge is 0.491 e. The molecule has 0 saturated heterocycles. The molecule has 3 rings (SSSR count). The maximum atomic E-state index is 12.9. The van der Waals surface area contributed by atoms with Gasteiger partial charge in [0.25, 0.3) is 0 Å². The molecule has 1 unspecified atom stereocenters. The summed E-state index contributed by atoms with van der Waals surface area (Å²) in [6.45, 7) is 0.960. The van der Waals surface area contributed by atoms with Crippen molar-refractivity contribution in [3.05, 3.63) is 84.4 Å². The summed E-state index contributed by atoms with van der Waals surface area (Å²) in [6, 6.07) is 21.9. The van der Waals surface area contributed by atoms with Gasteiger partial charge in [-0.25, -0.2) is 8.42 Å². The van der Waals surface area contributed by atoms with Crippen molar-refractivity contribution in [2.75, 3.05) is 27.4 Å². The molecule has 0 radical (unpaired) electrons. The molecule has 0 aliphatic carbocycles. The average Bonchev–Trinajstić information content (AvgIpc) is 2.89. The van der Waals surface area contributed by atoms with Gasteiger partial charge < -0.3 is 14.2 Å². The standard InChI is InChI=1S/C27H27NO6S/c1-32-19-20-34-24-15-11-22(12-16-24)23-13-17-25(18-14-23)35(30,31)28-26(27(29)33-2)10-6-9-21-7-4-3-5-8-21/h3-5,7-8,11-18,26,28H,10,19-20H2,1-2H3. The van der Waals surface area contributed by atoms with Gasteiger partial charge in [-0.2, -0.15) is 4.72 Å². The van der Waals surface area contributed by atoms with Gasteiger partial charge in [-0.3, -0.25) is 4.79 Å². The van der Waals surface area contributed by atoms with Gasteiger partial charge in [0.05, 0.1) is 18.6 Å². The fourth-order valence-electron chi connectivity index (χ4n) is 3.16. The van der Waals surface area contributed by atoms with Crippen LogP contribution in [0.25, 0.3) is 11.1 Å². The predicted octanol–water partition coefficient (Wildman–Crippen LogP) is 3.64. The topological polar surface area (TPSA) is 90.9 Å². The van der Waals surface area contributed by atoms with E-state index in [0.717, 1.165) is 22.4 Å². The minimum Gasteiger partial charge on any atom is -0.491 e. The van der Waals surface area contributed by atoms with Crippen LogP contribution in [0.15, 0.2) is 83.8 Å². The molecule has 3 aromatic carbocycles. The number of hydrogen-bond acceptors (Lipinski definition) is 6. The summed E-state index contributed by atoms with van der Waals surface area (Å²) in [6.07, 6.45) is -0.0301. The Kier molecular flexibility index (Phi) is 9.44. The maximum Gasteiger partial charge on any atom is 0.324 e. The first-order chi connectivity index (χ1) is 16.9. The summed E-state index contributed by atoms with van der Waals surface area (Å²) in [4.78, 5) is 12.2. The van der Waals surface area contributed by atoms with Crippen LogP contribution in [0.3, 0.4) is 0 Å².